The van der Waals surface area contributed by atoms with E-state index in [1.165, 1.54) is 16.2 Å². The summed E-state index contributed by atoms with van der Waals surface area (Å²) in [6, 6.07) is 1.44. The highest BCUT2D eigenvalue weighted by Gasteiger charge is 2.35. The molecule has 1 fully saturated rings. The lowest BCUT2D eigenvalue weighted by Crippen LogP contribution is -2.42. The number of hydrogen-bond donors (Lipinski definition) is 1. The second-order valence-corrected chi connectivity index (χ2v) is 8.38. The van der Waals surface area contributed by atoms with Gasteiger partial charge in [-0.2, -0.15) is 0 Å². The van der Waals surface area contributed by atoms with E-state index in [2.05, 4.69) is 15.9 Å². The normalized spacial score (nSPS) is 21.5. The van der Waals surface area contributed by atoms with Gasteiger partial charge in [-0.15, -0.1) is 11.3 Å². The van der Waals surface area contributed by atoms with Crippen LogP contribution in [0.1, 0.15) is 16.1 Å². The van der Waals surface area contributed by atoms with Crippen LogP contribution in [0.5, 0.6) is 0 Å². The lowest BCUT2D eigenvalue weighted by molar-refractivity contribution is 0.0659. The number of aliphatic hydroxyl groups excluding tert-OH is 1. The molecule has 0 radical (unpaired) electrons. The van der Waals surface area contributed by atoms with Gasteiger partial charge in [-0.3, -0.25) is 4.79 Å². The molecular formula is C11H14BrNO4S2. The Kier molecular flexibility index (Phi) is 4.65. The minimum atomic E-state index is -3.06. The fourth-order valence-corrected chi connectivity index (χ4v) is 5.38. The van der Waals surface area contributed by atoms with Crippen molar-refractivity contribution in [2.24, 2.45) is 0 Å². The van der Waals surface area contributed by atoms with Crippen LogP contribution in [0.15, 0.2) is 15.9 Å². The van der Waals surface area contributed by atoms with Gasteiger partial charge in [-0.1, -0.05) is 0 Å². The standard InChI is InChI=1S/C11H14BrNO4S2/c12-9-1-5-18-10(9)11(15)13(3-4-14)8-2-6-19(16,17)7-8/h1,5,8,14H,2-4,6-7H2. The maximum absolute atomic E-state index is 12.4. The zero-order valence-corrected chi connectivity index (χ0v) is 13.3. The molecule has 8 heteroatoms. The van der Waals surface area contributed by atoms with Crippen LogP contribution in [0.4, 0.5) is 0 Å². The number of rotatable bonds is 4. The summed E-state index contributed by atoms with van der Waals surface area (Å²) in [5, 5.41) is 10.9. The fraction of sp³-hybridized carbons (Fsp3) is 0.545. The Balaban J connectivity index is 2.21. The molecule has 1 amide bonds. The number of nitrogens with zero attached hydrogens (tertiary/aromatic N) is 1. The zero-order chi connectivity index (χ0) is 14.0. The molecule has 1 saturated heterocycles. The van der Waals surface area contributed by atoms with Gasteiger partial charge in [0, 0.05) is 17.1 Å². The minimum absolute atomic E-state index is 0.0122. The Bertz CT molecular complexity index is 569. The topological polar surface area (TPSA) is 74.7 Å². The Labute approximate surface area is 124 Å². The molecule has 1 aliphatic rings. The summed E-state index contributed by atoms with van der Waals surface area (Å²) < 4.78 is 23.7. The third-order valence-electron chi connectivity index (χ3n) is 3.06. The number of aliphatic hydroxyl groups is 1. The van der Waals surface area contributed by atoms with Crippen LogP contribution in [0, 0.1) is 0 Å². The molecule has 1 aliphatic heterocycles. The monoisotopic (exact) mass is 367 g/mol. The number of carbonyl (C=O) groups is 1. The molecule has 2 rings (SSSR count). The first-order valence-electron chi connectivity index (χ1n) is 5.80. The van der Waals surface area contributed by atoms with Gasteiger partial charge in [0.05, 0.1) is 18.1 Å². The summed E-state index contributed by atoms with van der Waals surface area (Å²) >= 11 is 4.60. The lowest BCUT2D eigenvalue weighted by Gasteiger charge is -2.27. The third kappa shape index (κ3) is 3.36. The zero-order valence-electron chi connectivity index (χ0n) is 10.1. The third-order valence-corrected chi connectivity index (χ3v) is 6.64. The fourth-order valence-electron chi connectivity index (χ4n) is 2.16. The minimum Gasteiger partial charge on any atom is -0.395 e. The van der Waals surface area contributed by atoms with Crippen molar-refractivity contribution in [3.63, 3.8) is 0 Å². The largest absolute Gasteiger partial charge is 0.395 e. The van der Waals surface area contributed by atoms with Crippen molar-refractivity contribution in [3.8, 4) is 0 Å². The van der Waals surface area contributed by atoms with Gasteiger partial charge in [0.1, 0.15) is 4.88 Å². The molecular weight excluding hydrogens is 354 g/mol. The maximum atomic E-state index is 12.4. The van der Waals surface area contributed by atoms with Crippen molar-refractivity contribution < 1.29 is 18.3 Å². The van der Waals surface area contributed by atoms with Crippen LogP contribution in [-0.4, -0.2) is 55.0 Å². The van der Waals surface area contributed by atoms with Crippen LogP contribution < -0.4 is 0 Å². The number of halogens is 1. The van der Waals surface area contributed by atoms with E-state index in [9.17, 15) is 13.2 Å². The highest BCUT2D eigenvalue weighted by molar-refractivity contribution is 9.10. The second kappa shape index (κ2) is 5.90. The molecule has 0 bridgehead atoms. The van der Waals surface area contributed by atoms with Crippen molar-refractivity contribution >= 4 is 43.0 Å². The quantitative estimate of drug-likeness (QED) is 0.865. The molecule has 5 nitrogen and oxygen atoms in total. The molecule has 2 heterocycles. The van der Waals surface area contributed by atoms with Gasteiger partial charge in [-0.25, -0.2) is 8.42 Å². The van der Waals surface area contributed by atoms with Gasteiger partial charge >= 0.3 is 0 Å². The Morgan fingerprint density at radius 3 is 2.79 bits per heavy atom. The van der Waals surface area contributed by atoms with E-state index in [0.717, 1.165) is 0 Å². The molecule has 0 saturated carbocycles. The molecule has 0 aliphatic carbocycles. The smallest absolute Gasteiger partial charge is 0.265 e. The van der Waals surface area contributed by atoms with Crippen LogP contribution >= 0.6 is 27.3 Å². The summed E-state index contributed by atoms with van der Waals surface area (Å²) in [6.45, 7) is -0.0192. The van der Waals surface area contributed by atoms with Crippen LogP contribution in [-0.2, 0) is 9.84 Å². The van der Waals surface area contributed by atoms with Crippen molar-refractivity contribution in [2.45, 2.75) is 12.5 Å². The van der Waals surface area contributed by atoms with Gasteiger partial charge in [0.2, 0.25) is 0 Å². The molecule has 0 aromatic carbocycles. The van der Waals surface area contributed by atoms with E-state index in [4.69, 9.17) is 5.11 Å². The molecule has 19 heavy (non-hydrogen) atoms. The summed E-state index contributed by atoms with van der Waals surface area (Å²) in [5.74, 6) is -0.127. The first kappa shape index (κ1) is 15.0. The molecule has 0 spiro atoms. The van der Waals surface area contributed by atoms with E-state index in [1.807, 2.05) is 0 Å². The molecule has 1 atom stereocenters. The van der Waals surface area contributed by atoms with E-state index in [1.54, 1.807) is 11.4 Å². The maximum Gasteiger partial charge on any atom is 0.265 e. The van der Waals surface area contributed by atoms with Crippen molar-refractivity contribution in [1.29, 1.82) is 0 Å². The van der Waals surface area contributed by atoms with Gasteiger partial charge < -0.3 is 10.0 Å². The molecule has 1 aromatic rings. The number of sulfone groups is 1. The van der Waals surface area contributed by atoms with Gasteiger partial charge in [0.15, 0.2) is 9.84 Å². The Hall–Kier alpha value is -0.440. The molecule has 1 N–H and O–H groups in total. The first-order valence-corrected chi connectivity index (χ1v) is 9.29. The Morgan fingerprint density at radius 2 is 2.32 bits per heavy atom. The molecule has 1 aromatic heterocycles. The lowest BCUT2D eigenvalue weighted by atomic mass is 10.2. The first-order chi connectivity index (χ1) is 8.94. The summed E-state index contributed by atoms with van der Waals surface area (Å²) in [7, 11) is -3.06. The van der Waals surface area contributed by atoms with Crippen LogP contribution in [0.25, 0.3) is 0 Å². The van der Waals surface area contributed by atoms with Gasteiger partial charge in [-0.05, 0) is 33.8 Å². The average molecular weight is 368 g/mol. The van der Waals surface area contributed by atoms with Crippen LogP contribution in [0.2, 0.25) is 0 Å². The van der Waals surface area contributed by atoms with E-state index >= 15 is 0 Å². The van der Waals surface area contributed by atoms with E-state index in [-0.39, 0.29) is 36.6 Å². The summed E-state index contributed by atoms with van der Waals surface area (Å²) in [5.41, 5.74) is 0. The summed E-state index contributed by atoms with van der Waals surface area (Å²) in [4.78, 5) is 14.4. The highest BCUT2D eigenvalue weighted by atomic mass is 79.9. The van der Waals surface area contributed by atoms with Crippen molar-refractivity contribution in [1.82, 2.24) is 4.90 Å². The van der Waals surface area contributed by atoms with Crippen LogP contribution in [0.3, 0.4) is 0 Å². The van der Waals surface area contributed by atoms with Gasteiger partial charge in [0.25, 0.3) is 5.91 Å². The number of amides is 1. The summed E-state index contributed by atoms with van der Waals surface area (Å²) in [6.07, 6.45) is 0.442. The van der Waals surface area contributed by atoms with E-state index < -0.39 is 9.84 Å². The highest BCUT2D eigenvalue weighted by Crippen LogP contribution is 2.27. The predicted molar refractivity (Wildman–Crippen MR) is 77.2 cm³/mol. The molecule has 106 valence electrons. The van der Waals surface area contributed by atoms with Crippen molar-refractivity contribution in [3.05, 3.63) is 20.8 Å². The van der Waals surface area contributed by atoms with E-state index in [0.29, 0.717) is 15.8 Å². The SMILES string of the molecule is O=C(c1sccc1Br)N(CCO)C1CCS(=O)(=O)C1. The van der Waals surface area contributed by atoms with Crippen molar-refractivity contribution in [2.75, 3.05) is 24.7 Å². The second-order valence-electron chi connectivity index (χ2n) is 4.38. The Morgan fingerprint density at radius 1 is 1.58 bits per heavy atom. The number of thiophene rings is 1. The number of hydrogen-bond acceptors (Lipinski definition) is 5. The molecule has 1 unspecified atom stereocenters. The number of carbonyl (C=O) groups excluding carboxylic acids is 1. The average Bonchev–Trinajstić information content (AvgIpc) is 2.91. The predicted octanol–water partition coefficient (Wildman–Crippen LogP) is 1.13.